The van der Waals surface area contributed by atoms with E-state index < -0.39 is 52.4 Å². The van der Waals surface area contributed by atoms with Crippen LogP contribution in [-0.4, -0.2) is 29.3 Å². The lowest BCUT2D eigenvalue weighted by Gasteiger charge is -2.17. The van der Waals surface area contributed by atoms with E-state index in [1.807, 2.05) is 0 Å². The van der Waals surface area contributed by atoms with Crippen LogP contribution >= 0.6 is 0 Å². The van der Waals surface area contributed by atoms with Gasteiger partial charge in [-0.05, 0) is 18.2 Å². The van der Waals surface area contributed by atoms with Crippen LogP contribution in [-0.2, 0) is 6.18 Å². The molecule has 0 spiro atoms. The monoisotopic (exact) mass is 392 g/mol. The van der Waals surface area contributed by atoms with Crippen molar-refractivity contribution in [3.63, 3.8) is 0 Å². The number of nitrogens with zero attached hydrogens (tertiary/aromatic N) is 1. The van der Waals surface area contributed by atoms with Gasteiger partial charge in [0.15, 0.2) is 11.6 Å². The fourth-order valence-electron chi connectivity index (χ4n) is 2.08. The minimum Gasteiger partial charge on any atom is -0.491 e. The molecule has 0 aliphatic rings. The number of nitro groups is 1. The lowest BCUT2D eigenvalue weighted by atomic mass is 10.1. The summed E-state index contributed by atoms with van der Waals surface area (Å²) in [5.41, 5.74) is -2.44. The molecule has 0 fully saturated rings. The van der Waals surface area contributed by atoms with Gasteiger partial charge in [-0.2, -0.15) is 13.2 Å². The number of ether oxygens (including phenoxy) is 1. The first-order chi connectivity index (χ1) is 12.6. The summed E-state index contributed by atoms with van der Waals surface area (Å²) in [6, 6.07) is 4.85. The smallest absolute Gasteiger partial charge is 0.418 e. The zero-order valence-electron chi connectivity index (χ0n) is 13.5. The molecule has 0 aromatic heterocycles. The van der Waals surface area contributed by atoms with Crippen molar-refractivity contribution in [3.8, 4) is 5.75 Å². The van der Waals surface area contributed by atoms with Crippen LogP contribution in [0.4, 0.5) is 33.3 Å². The Hall–Kier alpha value is -2.95. The highest BCUT2D eigenvalue weighted by molar-refractivity contribution is 5.57. The maximum atomic E-state index is 13.0. The Morgan fingerprint density at radius 1 is 1.15 bits per heavy atom. The quantitative estimate of drug-likeness (QED) is 0.426. The van der Waals surface area contributed by atoms with E-state index >= 15 is 0 Å². The van der Waals surface area contributed by atoms with Gasteiger partial charge in [0.2, 0.25) is 0 Å². The van der Waals surface area contributed by atoms with E-state index in [1.54, 1.807) is 0 Å². The van der Waals surface area contributed by atoms with E-state index in [0.717, 1.165) is 30.3 Å². The number of aliphatic hydroxyl groups excluding tert-OH is 1. The van der Waals surface area contributed by atoms with Gasteiger partial charge < -0.3 is 15.2 Å². The summed E-state index contributed by atoms with van der Waals surface area (Å²) in [6.07, 6.45) is -6.14. The zero-order valence-corrected chi connectivity index (χ0v) is 13.5. The molecule has 0 heterocycles. The van der Waals surface area contributed by atoms with Gasteiger partial charge in [0.05, 0.1) is 10.5 Å². The van der Waals surface area contributed by atoms with Crippen LogP contribution in [0.1, 0.15) is 5.56 Å². The fraction of sp³-hybridized carbons (Fsp3) is 0.250. The number of hydrogen-bond acceptors (Lipinski definition) is 5. The SMILES string of the molecule is O=[N+]([O-])c1ccc(NCC(O)COc2ccc(F)c(F)c2)c(C(F)(F)F)c1. The number of benzene rings is 2. The minimum absolute atomic E-state index is 0.0701. The molecular weight excluding hydrogens is 379 g/mol. The predicted molar refractivity (Wildman–Crippen MR) is 84.4 cm³/mol. The van der Waals surface area contributed by atoms with Gasteiger partial charge in [-0.1, -0.05) is 0 Å². The Morgan fingerprint density at radius 3 is 2.44 bits per heavy atom. The number of alkyl halides is 3. The number of non-ortho nitro benzene ring substituents is 1. The third-order valence-corrected chi connectivity index (χ3v) is 3.38. The highest BCUT2D eigenvalue weighted by atomic mass is 19.4. The number of aliphatic hydroxyl groups is 1. The highest BCUT2D eigenvalue weighted by Crippen LogP contribution is 2.37. The second-order valence-electron chi connectivity index (χ2n) is 5.41. The lowest BCUT2D eigenvalue weighted by Crippen LogP contribution is -2.27. The van der Waals surface area contributed by atoms with E-state index in [-0.39, 0.29) is 12.3 Å². The molecule has 0 saturated carbocycles. The van der Waals surface area contributed by atoms with Crippen LogP contribution in [0.2, 0.25) is 0 Å². The molecule has 11 heteroatoms. The molecule has 6 nitrogen and oxygen atoms in total. The van der Waals surface area contributed by atoms with Gasteiger partial charge in [0.1, 0.15) is 18.5 Å². The van der Waals surface area contributed by atoms with Crippen molar-refractivity contribution in [2.24, 2.45) is 0 Å². The number of halogens is 5. The summed E-state index contributed by atoms with van der Waals surface area (Å²) in [6.45, 7) is -0.795. The molecule has 0 amide bonds. The van der Waals surface area contributed by atoms with Crippen LogP contribution < -0.4 is 10.1 Å². The van der Waals surface area contributed by atoms with Gasteiger partial charge in [-0.3, -0.25) is 10.1 Å². The first kappa shape index (κ1) is 20.4. The Balaban J connectivity index is 2.00. The van der Waals surface area contributed by atoms with Gasteiger partial charge in [-0.25, -0.2) is 8.78 Å². The van der Waals surface area contributed by atoms with E-state index in [1.165, 1.54) is 0 Å². The van der Waals surface area contributed by atoms with E-state index in [9.17, 15) is 37.2 Å². The van der Waals surface area contributed by atoms with Gasteiger partial charge in [-0.15, -0.1) is 0 Å². The van der Waals surface area contributed by atoms with Crippen molar-refractivity contribution < 1.29 is 36.7 Å². The number of nitrogens with one attached hydrogen (secondary N) is 1. The second-order valence-corrected chi connectivity index (χ2v) is 5.41. The second kappa shape index (κ2) is 8.16. The van der Waals surface area contributed by atoms with Crippen molar-refractivity contribution in [2.75, 3.05) is 18.5 Å². The third kappa shape index (κ3) is 5.51. The average Bonchev–Trinajstić information content (AvgIpc) is 2.60. The van der Waals surface area contributed by atoms with Crippen LogP contribution in [0.5, 0.6) is 5.75 Å². The molecule has 0 aliphatic carbocycles. The number of nitro benzene ring substituents is 1. The van der Waals surface area contributed by atoms with Crippen molar-refractivity contribution in [2.45, 2.75) is 12.3 Å². The number of anilines is 1. The largest absolute Gasteiger partial charge is 0.491 e. The normalized spacial score (nSPS) is 12.5. The summed E-state index contributed by atoms with van der Waals surface area (Å²) in [5, 5.41) is 22.8. The van der Waals surface area contributed by atoms with E-state index in [4.69, 9.17) is 4.74 Å². The number of rotatable bonds is 7. The summed E-state index contributed by atoms with van der Waals surface area (Å²) >= 11 is 0. The maximum Gasteiger partial charge on any atom is 0.418 e. The predicted octanol–water partition coefficient (Wildman–Crippen LogP) is 3.74. The average molecular weight is 392 g/mol. The summed E-state index contributed by atoms with van der Waals surface area (Å²) in [4.78, 5) is 9.68. The summed E-state index contributed by atoms with van der Waals surface area (Å²) in [5.74, 6) is -2.30. The Kier molecular flexibility index (Phi) is 6.16. The van der Waals surface area contributed by atoms with E-state index in [2.05, 4.69) is 5.32 Å². The lowest BCUT2D eigenvalue weighted by molar-refractivity contribution is -0.385. The van der Waals surface area contributed by atoms with Gasteiger partial charge in [0, 0.05) is 30.4 Å². The maximum absolute atomic E-state index is 13.0. The Bertz CT molecular complexity index is 829. The molecule has 2 N–H and O–H groups in total. The van der Waals surface area contributed by atoms with Crippen LogP contribution in [0, 0.1) is 21.7 Å². The van der Waals surface area contributed by atoms with E-state index in [0.29, 0.717) is 6.07 Å². The van der Waals surface area contributed by atoms with Crippen molar-refractivity contribution >= 4 is 11.4 Å². The Labute approximate surface area is 149 Å². The molecule has 0 radical (unpaired) electrons. The molecule has 1 atom stereocenters. The fourth-order valence-corrected chi connectivity index (χ4v) is 2.08. The molecule has 2 aromatic carbocycles. The first-order valence-electron chi connectivity index (χ1n) is 7.43. The molecule has 0 bridgehead atoms. The zero-order chi connectivity index (χ0) is 20.2. The van der Waals surface area contributed by atoms with Crippen molar-refractivity contribution in [3.05, 3.63) is 63.7 Å². The minimum atomic E-state index is -4.85. The molecule has 2 aromatic rings. The van der Waals surface area contributed by atoms with Gasteiger partial charge in [0.25, 0.3) is 5.69 Å². The number of hydrogen-bond donors (Lipinski definition) is 2. The van der Waals surface area contributed by atoms with Crippen LogP contribution in [0.3, 0.4) is 0 Å². The summed E-state index contributed by atoms with van der Waals surface area (Å²) < 4.78 is 70.0. The summed E-state index contributed by atoms with van der Waals surface area (Å²) in [7, 11) is 0. The molecule has 0 aliphatic heterocycles. The molecular formula is C16H13F5N2O4. The molecule has 0 saturated heterocycles. The van der Waals surface area contributed by atoms with Crippen LogP contribution in [0.15, 0.2) is 36.4 Å². The van der Waals surface area contributed by atoms with Gasteiger partial charge >= 0.3 is 6.18 Å². The van der Waals surface area contributed by atoms with Crippen LogP contribution in [0.25, 0.3) is 0 Å². The standard InChI is InChI=1S/C16H13F5N2O4/c17-13-3-2-11(6-14(13)18)27-8-10(24)7-22-15-4-1-9(23(25)26)5-12(15)16(19,20)21/h1-6,10,22,24H,7-8H2. The third-order valence-electron chi connectivity index (χ3n) is 3.38. The topological polar surface area (TPSA) is 84.6 Å². The first-order valence-corrected chi connectivity index (χ1v) is 7.43. The highest BCUT2D eigenvalue weighted by Gasteiger charge is 2.35. The molecule has 1 unspecified atom stereocenters. The Morgan fingerprint density at radius 2 is 1.85 bits per heavy atom. The molecule has 146 valence electrons. The van der Waals surface area contributed by atoms with Crippen molar-refractivity contribution in [1.29, 1.82) is 0 Å². The van der Waals surface area contributed by atoms with Crippen molar-refractivity contribution in [1.82, 2.24) is 0 Å². The molecule has 27 heavy (non-hydrogen) atoms. The molecule has 2 rings (SSSR count).